The summed E-state index contributed by atoms with van der Waals surface area (Å²) in [4.78, 5) is 25.1. The fraction of sp³-hybridized carbons (Fsp3) is 0.417. The molecule has 3 rings (SSSR count). The molecule has 0 unspecified atom stereocenters. The summed E-state index contributed by atoms with van der Waals surface area (Å²) < 4.78 is 0. The van der Waals surface area contributed by atoms with Crippen molar-refractivity contribution in [2.24, 2.45) is 11.8 Å². The van der Waals surface area contributed by atoms with Crippen LogP contribution in [-0.4, -0.2) is 24.0 Å². The lowest BCUT2D eigenvalue weighted by molar-refractivity contribution is -0.148. The molecule has 154 valence electrons. The first-order valence-corrected chi connectivity index (χ1v) is 10.3. The third kappa shape index (κ3) is 4.78. The maximum atomic E-state index is 13.0. The molecule has 3 atom stereocenters. The molecule has 1 amide bonds. The fourth-order valence-corrected chi connectivity index (χ4v) is 4.29. The van der Waals surface area contributed by atoms with E-state index < -0.39 is 17.8 Å². The number of anilines is 2. The third-order valence-electron chi connectivity index (χ3n) is 5.99. The van der Waals surface area contributed by atoms with Crippen molar-refractivity contribution in [2.75, 3.05) is 17.7 Å². The Morgan fingerprint density at radius 3 is 2.14 bits per heavy atom. The van der Waals surface area contributed by atoms with Gasteiger partial charge in [-0.05, 0) is 60.1 Å². The Balaban J connectivity index is 1.79. The number of amides is 1. The molecule has 0 heterocycles. The molecular weight excluding hydrogens is 364 g/mol. The zero-order chi connectivity index (χ0) is 21.0. The van der Waals surface area contributed by atoms with Crippen LogP contribution in [0.4, 0.5) is 11.4 Å². The highest BCUT2D eigenvalue weighted by Crippen LogP contribution is 2.42. The molecule has 0 saturated heterocycles. The van der Waals surface area contributed by atoms with Crippen LogP contribution in [0.15, 0.2) is 48.5 Å². The van der Waals surface area contributed by atoms with Crippen LogP contribution < -0.4 is 10.6 Å². The molecule has 2 aromatic carbocycles. The van der Waals surface area contributed by atoms with Gasteiger partial charge in [0.25, 0.3) is 0 Å². The van der Waals surface area contributed by atoms with Gasteiger partial charge < -0.3 is 15.7 Å². The van der Waals surface area contributed by atoms with E-state index in [1.54, 1.807) is 0 Å². The summed E-state index contributed by atoms with van der Waals surface area (Å²) in [5.74, 6) is -2.11. The van der Waals surface area contributed by atoms with Crippen molar-refractivity contribution in [2.45, 2.75) is 44.9 Å². The number of carboxylic acids is 1. The minimum Gasteiger partial charge on any atom is -0.481 e. The summed E-state index contributed by atoms with van der Waals surface area (Å²) in [6.07, 6.45) is 2.22. The Labute approximate surface area is 172 Å². The summed E-state index contributed by atoms with van der Waals surface area (Å²) in [7, 11) is 1.85. The van der Waals surface area contributed by atoms with Gasteiger partial charge in [-0.25, -0.2) is 0 Å². The van der Waals surface area contributed by atoms with Crippen LogP contribution >= 0.6 is 0 Å². The average molecular weight is 395 g/mol. The van der Waals surface area contributed by atoms with Crippen LogP contribution in [0.1, 0.15) is 56.1 Å². The fourth-order valence-electron chi connectivity index (χ4n) is 4.29. The van der Waals surface area contributed by atoms with E-state index in [9.17, 15) is 14.7 Å². The summed E-state index contributed by atoms with van der Waals surface area (Å²) in [5.41, 5.74) is 3.88. The normalized spacial score (nSPS) is 21.6. The van der Waals surface area contributed by atoms with E-state index in [-0.39, 0.29) is 11.8 Å². The minimum absolute atomic E-state index is 0.161. The SMILES string of the molecule is CNc1ccc([C@@H]2CCC[C@@H](C(=O)Nc3ccc(C(C)C)cc3)[C@H]2C(=O)O)cc1. The lowest BCUT2D eigenvalue weighted by Crippen LogP contribution is -2.40. The monoisotopic (exact) mass is 394 g/mol. The number of aliphatic carboxylic acids is 1. The average Bonchev–Trinajstić information content (AvgIpc) is 2.73. The Morgan fingerprint density at radius 2 is 1.59 bits per heavy atom. The standard InChI is InChI=1S/C24H30N2O3/c1-15(2)16-7-13-19(14-8-16)26-23(27)21-6-4-5-20(22(21)24(28)29)17-9-11-18(25-3)12-10-17/h7-15,20-22,25H,4-6H2,1-3H3,(H,26,27)(H,28,29)/t20-,21+,22-/m0/s1. The first-order valence-electron chi connectivity index (χ1n) is 10.3. The summed E-state index contributed by atoms with van der Waals surface area (Å²) >= 11 is 0. The Kier molecular flexibility index (Phi) is 6.57. The Morgan fingerprint density at radius 1 is 0.966 bits per heavy atom. The summed E-state index contributed by atoms with van der Waals surface area (Å²) in [6.45, 7) is 4.24. The smallest absolute Gasteiger partial charge is 0.307 e. The Bertz CT molecular complexity index is 843. The molecule has 2 aromatic rings. The van der Waals surface area contributed by atoms with Gasteiger partial charge in [-0.15, -0.1) is 0 Å². The van der Waals surface area contributed by atoms with E-state index in [4.69, 9.17) is 0 Å². The van der Waals surface area contributed by atoms with Crippen molar-refractivity contribution in [1.82, 2.24) is 0 Å². The number of carbonyl (C=O) groups excluding carboxylic acids is 1. The first-order chi connectivity index (χ1) is 13.9. The van der Waals surface area contributed by atoms with E-state index in [0.717, 1.165) is 24.1 Å². The van der Waals surface area contributed by atoms with Crippen molar-refractivity contribution >= 4 is 23.3 Å². The van der Waals surface area contributed by atoms with Crippen LogP contribution in [0.2, 0.25) is 0 Å². The Hall–Kier alpha value is -2.82. The van der Waals surface area contributed by atoms with Crippen LogP contribution in [0.5, 0.6) is 0 Å². The second kappa shape index (κ2) is 9.12. The molecule has 1 aliphatic carbocycles. The van der Waals surface area contributed by atoms with Crippen LogP contribution in [0.25, 0.3) is 0 Å². The predicted octanol–water partition coefficient (Wildman–Crippen LogP) is 5.07. The van der Waals surface area contributed by atoms with E-state index in [0.29, 0.717) is 18.0 Å². The maximum absolute atomic E-state index is 13.0. The second-order valence-electron chi connectivity index (χ2n) is 8.15. The second-order valence-corrected chi connectivity index (χ2v) is 8.15. The van der Waals surface area contributed by atoms with Crippen molar-refractivity contribution in [3.05, 3.63) is 59.7 Å². The zero-order valence-electron chi connectivity index (χ0n) is 17.3. The molecule has 1 saturated carbocycles. The number of carbonyl (C=O) groups is 2. The van der Waals surface area contributed by atoms with Gasteiger partial charge in [-0.3, -0.25) is 9.59 Å². The van der Waals surface area contributed by atoms with Gasteiger partial charge in [0.15, 0.2) is 0 Å². The number of benzene rings is 2. The van der Waals surface area contributed by atoms with E-state index >= 15 is 0 Å². The number of rotatable bonds is 6. The number of carboxylic acid groups (broad SMARTS) is 1. The van der Waals surface area contributed by atoms with Gasteiger partial charge in [0.2, 0.25) is 5.91 Å². The highest BCUT2D eigenvalue weighted by Gasteiger charge is 2.42. The zero-order valence-corrected chi connectivity index (χ0v) is 17.3. The first kappa shape index (κ1) is 20.9. The molecule has 3 N–H and O–H groups in total. The molecule has 5 nitrogen and oxygen atoms in total. The number of nitrogens with one attached hydrogen (secondary N) is 2. The van der Waals surface area contributed by atoms with Crippen molar-refractivity contribution in [3.63, 3.8) is 0 Å². The molecule has 0 radical (unpaired) electrons. The molecule has 0 bridgehead atoms. The van der Waals surface area contributed by atoms with Crippen molar-refractivity contribution in [1.29, 1.82) is 0 Å². The lowest BCUT2D eigenvalue weighted by Gasteiger charge is -2.35. The quantitative estimate of drug-likeness (QED) is 0.639. The molecule has 0 aromatic heterocycles. The van der Waals surface area contributed by atoms with Crippen molar-refractivity contribution in [3.8, 4) is 0 Å². The largest absolute Gasteiger partial charge is 0.481 e. The van der Waals surface area contributed by atoms with Gasteiger partial charge in [0, 0.05) is 18.4 Å². The van der Waals surface area contributed by atoms with Gasteiger partial charge >= 0.3 is 5.97 Å². The summed E-state index contributed by atoms with van der Waals surface area (Å²) in [6, 6.07) is 15.6. The van der Waals surface area contributed by atoms with Crippen molar-refractivity contribution < 1.29 is 14.7 Å². The van der Waals surface area contributed by atoms with E-state index in [1.165, 1.54) is 5.56 Å². The third-order valence-corrected chi connectivity index (χ3v) is 5.99. The van der Waals surface area contributed by atoms with Crippen LogP contribution in [0, 0.1) is 11.8 Å². The summed E-state index contributed by atoms with van der Waals surface area (Å²) in [5, 5.41) is 16.0. The van der Waals surface area contributed by atoms with E-state index in [1.807, 2.05) is 55.6 Å². The number of hydrogen-bond donors (Lipinski definition) is 3. The molecule has 5 heteroatoms. The molecular formula is C24H30N2O3. The molecule has 0 aliphatic heterocycles. The molecule has 29 heavy (non-hydrogen) atoms. The minimum atomic E-state index is -0.900. The molecule has 1 fully saturated rings. The predicted molar refractivity (Wildman–Crippen MR) is 116 cm³/mol. The topological polar surface area (TPSA) is 78.4 Å². The van der Waals surface area contributed by atoms with Crippen LogP contribution in [-0.2, 0) is 9.59 Å². The molecule has 0 spiro atoms. The van der Waals surface area contributed by atoms with Gasteiger partial charge in [-0.1, -0.05) is 44.5 Å². The highest BCUT2D eigenvalue weighted by atomic mass is 16.4. The lowest BCUT2D eigenvalue weighted by atomic mass is 9.69. The van der Waals surface area contributed by atoms with E-state index in [2.05, 4.69) is 24.5 Å². The van der Waals surface area contributed by atoms with Gasteiger partial charge in [0.1, 0.15) is 0 Å². The van der Waals surface area contributed by atoms with Crippen LogP contribution in [0.3, 0.4) is 0 Å². The van der Waals surface area contributed by atoms with Gasteiger partial charge in [0.05, 0.1) is 11.8 Å². The molecule has 1 aliphatic rings. The maximum Gasteiger partial charge on any atom is 0.307 e. The number of hydrogen-bond acceptors (Lipinski definition) is 3. The van der Waals surface area contributed by atoms with Gasteiger partial charge in [-0.2, -0.15) is 0 Å². The highest BCUT2D eigenvalue weighted by molar-refractivity contribution is 5.95.